The molecule has 4 heteroatoms. The summed E-state index contributed by atoms with van der Waals surface area (Å²) >= 11 is 0. The van der Waals surface area contributed by atoms with Crippen molar-refractivity contribution < 1.29 is 0 Å². The summed E-state index contributed by atoms with van der Waals surface area (Å²) in [5.41, 5.74) is 12.3. The van der Waals surface area contributed by atoms with Crippen LogP contribution in [-0.2, 0) is 12.8 Å². The van der Waals surface area contributed by atoms with E-state index >= 15 is 0 Å². The maximum absolute atomic E-state index is 5.55. The highest BCUT2D eigenvalue weighted by Gasteiger charge is 2.16. The Kier molecular flexibility index (Phi) is 10.6. The third-order valence-electron chi connectivity index (χ3n) is 5.48. The van der Waals surface area contributed by atoms with Crippen LogP contribution in [0.25, 0.3) is 0 Å². The van der Waals surface area contributed by atoms with E-state index in [0.29, 0.717) is 12.6 Å². The van der Waals surface area contributed by atoms with Gasteiger partial charge in [0, 0.05) is 44.1 Å². The van der Waals surface area contributed by atoms with Crippen molar-refractivity contribution in [3.63, 3.8) is 0 Å². The minimum Gasteiger partial charge on any atom is -0.327 e. The molecule has 0 amide bonds. The number of aromatic nitrogens is 1. The lowest BCUT2D eigenvalue weighted by Gasteiger charge is -2.26. The first-order valence-corrected chi connectivity index (χ1v) is 10.9. The average molecular weight is 395 g/mol. The molecule has 0 saturated heterocycles. The van der Waals surface area contributed by atoms with Gasteiger partial charge in [-0.2, -0.15) is 0 Å². The van der Waals surface area contributed by atoms with Gasteiger partial charge in [-0.25, -0.2) is 0 Å². The van der Waals surface area contributed by atoms with Gasteiger partial charge in [0.2, 0.25) is 0 Å². The predicted octanol–water partition coefficient (Wildman–Crippen LogP) is 3.86. The normalized spacial score (nSPS) is 19.6. The van der Waals surface area contributed by atoms with Crippen LogP contribution in [0.1, 0.15) is 44.4 Å². The number of nitrogens with one attached hydrogen (secondary N) is 2. The highest BCUT2D eigenvalue weighted by atomic mass is 15.0. The van der Waals surface area contributed by atoms with E-state index in [2.05, 4.69) is 60.3 Å². The van der Waals surface area contributed by atoms with E-state index in [4.69, 9.17) is 5.73 Å². The van der Waals surface area contributed by atoms with Crippen molar-refractivity contribution in [3.8, 4) is 0 Å². The van der Waals surface area contributed by atoms with Gasteiger partial charge in [0.1, 0.15) is 0 Å². The molecule has 0 spiro atoms. The molecule has 1 aromatic rings. The highest BCUT2D eigenvalue weighted by molar-refractivity contribution is 5.36. The Morgan fingerprint density at radius 3 is 2.90 bits per heavy atom. The van der Waals surface area contributed by atoms with Crippen molar-refractivity contribution in [2.45, 2.75) is 52.0 Å². The fourth-order valence-corrected chi connectivity index (χ4v) is 3.68. The second-order valence-electron chi connectivity index (χ2n) is 7.77. The van der Waals surface area contributed by atoms with Crippen molar-refractivity contribution in [2.24, 2.45) is 5.73 Å². The van der Waals surface area contributed by atoms with Crippen LogP contribution >= 0.6 is 0 Å². The van der Waals surface area contributed by atoms with Crippen LogP contribution in [0.4, 0.5) is 0 Å². The molecule has 1 unspecified atom stereocenters. The summed E-state index contributed by atoms with van der Waals surface area (Å²) in [5, 5.41) is 6.99. The average Bonchev–Trinajstić information content (AvgIpc) is 2.77. The molecule has 1 aliphatic carbocycles. The first-order valence-electron chi connectivity index (χ1n) is 10.9. The number of hydrogen-bond donors (Lipinski definition) is 3. The van der Waals surface area contributed by atoms with E-state index in [0.717, 1.165) is 26.1 Å². The summed E-state index contributed by atoms with van der Waals surface area (Å²) in [7, 11) is 0. The molecule has 0 radical (unpaired) electrons. The summed E-state index contributed by atoms with van der Waals surface area (Å²) in [4.78, 5) is 4.32. The smallest absolute Gasteiger partial charge is 0.0435 e. The first-order chi connectivity index (χ1) is 14.2. The van der Waals surface area contributed by atoms with E-state index < -0.39 is 0 Å². The van der Waals surface area contributed by atoms with Crippen molar-refractivity contribution in [1.29, 1.82) is 0 Å². The van der Waals surface area contributed by atoms with Gasteiger partial charge >= 0.3 is 0 Å². The Morgan fingerprint density at radius 1 is 1.34 bits per heavy atom. The molecule has 0 saturated carbocycles. The van der Waals surface area contributed by atoms with E-state index in [1.54, 1.807) is 0 Å². The van der Waals surface area contributed by atoms with E-state index in [1.807, 2.05) is 18.3 Å². The summed E-state index contributed by atoms with van der Waals surface area (Å²) in [6.45, 7) is 11.4. The molecule has 4 nitrogen and oxygen atoms in total. The van der Waals surface area contributed by atoms with Gasteiger partial charge in [-0.3, -0.25) is 4.98 Å². The Bertz CT molecular complexity index is 705. The molecule has 1 aliphatic heterocycles. The largest absolute Gasteiger partial charge is 0.327 e. The lowest BCUT2D eigenvalue weighted by Crippen LogP contribution is -2.42. The molecule has 1 aromatic heterocycles. The van der Waals surface area contributed by atoms with Crippen molar-refractivity contribution in [1.82, 2.24) is 15.6 Å². The monoisotopic (exact) mass is 394 g/mol. The van der Waals surface area contributed by atoms with Crippen molar-refractivity contribution >= 4 is 0 Å². The van der Waals surface area contributed by atoms with Crippen LogP contribution in [0.15, 0.2) is 65.9 Å². The Labute approximate surface area is 177 Å². The number of hydrogen-bond acceptors (Lipinski definition) is 4. The maximum atomic E-state index is 5.55. The van der Waals surface area contributed by atoms with Gasteiger partial charge in [-0.05, 0) is 68.7 Å². The number of allylic oxidation sites excluding steroid dienone is 2. The quantitative estimate of drug-likeness (QED) is 0.485. The van der Waals surface area contributed by atoms with E-state index in [1.165, 1.54) is 53.7 Å². The predicted molar refractivity (Wildman–Crippen MR) is 125 cm³/mol. The minimum atomic E-state index is 0.487. The summed E-state index contributed by atoms with van der Waals surface area (Å²) in [6.07, 6.45) is 16.5. The summed E-state index contributed by atoms with van der Waals surface area (Å²) < 4.78 is 0. The highest BCUT2D eigenvalue weighted by Crippen LogP contribution is 2.19. The topological polar surface area (TPSA) is 63.0 Å². The zero-order valence-electron chi connectivity index (χ0n) is 18.2. The van der Waals surface area contributed by atoms with Crippen molar-refractivity contribution in [2.75, 3.05) is 26.2 Å². The lowest BCUT2D eigenvalue weighted by atomic mass is 9.95. The molecule has 3 rings (SSSR count). The van der Waals surface area contributed by atoms with Gasteiger partial charge in [0.25, 0.3) is 0 Å². The van der Waals surface area contributed by atoms with E-state index in [9.17, 15) is 0 Å². The van der Waals surface area contributed by atoms with Crippen LogP contribution < -0.4 is 16.4 Å². The molecule has 0 aromatic carbocycles. The lowest BCUT2D eigenvalue weighted by molar-refractivity contribution is 0.482. The first kappa shape index (κ1) is 23.3. The van der Waals surface area contributed by atoms with Crippen molar-refractivity contribution in [3.05, 3.63) is 77.2 Å². The van der Waals surface area contributed by atoms with Crippen LogP contribution in [0, 0.1) is 0 Å². The van der Waals surface area contributed by atoms with E-state index in [-0.39, 0.29) is 0 Å². The third kappa shape index (κ3) is 8.09. The van der Waals surface area contributed by atoms with Crippen LogP contribution in [0.3, 0.4) is 0 Å². The van der Waals surface area contributed by atoms with Gasteiger partial charge in [0.05, 0.1) is 0 Å². The molecular weight excluding hydrogens is 356 g/mol. The Hall–Kier alpha value is -2.01. The Balaban J connectivity index is 0.000000248. The minimum absolute atomic E-state index is 0.487. The zero-order valence-corrected chi connectivity index (χ0v) is 18.2. The van der Waals surface area contributed by atoms with Crippen LogP contribution in [-0.4, -0.2) is 37.2 Å². The van der Waals surface area contributed by atoms with Gasteiger partial charge < -0.3 is 16.4 Å². The molecule has 1 atom stereocenters. The van der Waals surface area contributed by atoms with Gasteiger partial charge in [-0.1, -0.05) is 42.5 Å². The molecule has 2 aliphatic rings. The molecule has 0 fully saturated rings. The second-order valence-corrected chi connectivity index (χ2v) is 7.77. The SMILES string of the molecule is C=CC1=C(/C=C\C)CC(CNC/C=C(/C)CN)NC1.c1cnc2c(c1)CCCC2. The molecule has 2 heterocycles. The standard InChI is InChI=1S/C16H27N3.C9H11N/c1-4-6-15-9-16(19-11-14(15)5-2)12-18-8-7-13(3)10-17;1-2-6-9-8(4-1)5-3-7-10-9/h4-7,16,18-19H,2,8-12,17H2,1,3H3;3,5,7H,1-2,4,6H2/b6-4-,13-7-;. The number of aryl methyl sites for hydroxylation is 2. The van der Waals surface area contributed by atoms with Gasteiger partial charge in [-0.15, -0.1) is 0 Å². The molecular formula is C25H38N4. The van der Waals surface area contributed by atoms with Gasteiger partial charge in [0.15, 0.2) is 0 Å². The molecule has 29 heavy (non-hydrogen) atoms. The third-order valence-corrected chi connectivity index (χ3v) is 5.48. The van der Waals surface area contributed by atoms with Crippen LogP contribution in [0.2, 0.25) is 0 Å². The molecule has 4 N–H and O–H groups in total. The fraction of sp³-hybridized carbons (Fsp3) is 0.480. The summed E-state index contributed by atoms with van der Waals surface area (Å²) in [5.74, 6) is 0. The number of pyridine rings is 1. The Morgan fingerprint density at radius 2 is 2.17 bits per heavy atom. The molecule has 0 bridgehead atoms. The van der Waals surface area contributed by atoms with Crippen LogP contribution in [0.5, 0.6) is 0 Å². The maximum Gasteiger partial charge on any atom is 0.0435 e. The zero-order chi connectivity index (χ0) is 20.9. The number of fused-ring (bicyclic) bond motifs is 1. The number of rotatable bonds is 7. The molecule has 158 valence electrons. The summed E-state index contributed by atoms with van der Waals surface area (Å²) in [6, 6.07) is 4.72. The number of nitrogens with zero attached hydrogens (tertiary/aromatic N) is 1. The second kappa shape index (κ2) is 13.3. The fourth-order valence-electron chi connectivity index (χ4n) is 3.68. The number of nitrogens with two attached hydrogens (primary N) is 1.